The van der Waals surface area contributed by atoms with Crippen LogP contribution < -0.4 is 0 Å². The van der Waals surface area contributed by atoms with Gasteiger partial charge in [-0.25, -0.2) is 4.79 Å². The third-order valence-electron chi connectivity index (χ3n) is 1.08. The average molecular weight is 159 g/mol. The summed E-state index contributed by atoms with van der Waals surface area (Å²) in [5, 5.41) is 19.4. The van der Waals surface area contributed by atoms with Crippen LogP contribution in [0.5, 0.6) is 0 Å². The molecule has 62 valence electrons. The number of nitrogens with zero attached hydrogens (tertiary/aromatic N) is 1. The van der Waals surface area contributed by atoms with Crippen molar-refractivity contribution in [2.75, 3.05) is 0 Å². The molecule has 0 aliphatic heterocycles. The molecule has 2 N–H and O–H groups in total. The molecule has 5 heteroatoms. The van der Waals surface area contributed by atoms with Crippen molar-refractivity contribution in [2.45, 2.75) is 13.8 Å². The number of rotatable bonds is 3. The minimum Gasteiger partial charge on any atom is -0.509 e. The second-order valence-electron chi connectivity index (χ2n) is 2.28. The van der Waals surface area contributed by atoms with E-state index in [2.05, 4.69) is 5.18 Å². The molecule has 0 aliphatic carbocycles. The number of hydrogen-bond acceptors (Lipinski definition) is 4. The van der Waals surface area contributed by atoms with Crippen LogP contribution >= 0.6 is 0 Å². The molecule has 0 rings (SSSR count). The number of aliphatic hydroxyl groups excluding tert-OH is 1. The largest absolute Gasteiger partial charge is 0.509 e. The number of carbonyl (C=O) groups is 1. The van der Waals surface area contributed by atoms with E-state index in [1.165, 1.54) is 0 Å². The van der Waals surface area contributed by atoms with Gasteiger partial charge >= 0.3 is 5.97 Å². The van der Waals surface area contributed by atoms with E-state index in [0.717, 1.165) is 0 Å². The third kappa shape index (κ3) is 2.37. The highest BCUT2D eigenvalue weighted by molar-refractivity contribution is 5.86. The molecule has 5 nitrogen and oxygen atoms in total. The van der Waals surface area contributed by atoms with Crippen molar-refractivity contribution in [3.05, 3.63) is 16.4 Å². The number of aliphatic hydroxyl groups is 1. The van der Waals surface area contributed by atoms with E-state index in [4.69, 9.17) is 10.2 Å². The van der Waals surface area contributed by atoms with Crippen LogP contribution in [0.15, 0.2) is 16.6 Å². The molecule has 0 atom stereocenters. The minimum atomic E-state index is -1.51. The molecule has 0 aliphatic rings. The molecule has 0 aromatic carbocycles. The summed E-state index contributed by atoms with van der Waals surface area (Å²) in [7, 11) is 0. The first-order valence-corrected chi connectivity index (χ1v) is 3.00. The van der Waals surface area contributed by atoms with Crippen LogP contribution in [-0.2, 0) is 4.79 Å². The lowest BCUT2D eigenvalue weighted by Gasteiger charge is -2.02. The van der Waals surface area contributed by atoms with Crippen LogP contribution in [0.4, 0.5) is 0 Å². The molecule has 0 amide bonds. The number of carboxylic acid groups (broad SMARTS) is 1. The number of hydrogen-bond donors (Lipinski definition) is 2. The summed E-state index contributed by atoms with van der Waals surface area (Å²) in [4.78, 5) is 20.0. The molecular weight excluding hydrogens is 150 g/mol. The Hall–Kier alpha value is -1.39. The number of nitroso groups, excluding NO2 is 1. The predicted molar refractivity (Wildman–Crippen MR) is 37.9 cm³/mol. The van der Waals surface area contributed by atoms with Crippen molar-refractivity contribution < 1.29 is 15.0 Å². The van der Waals surface area contributed by atoms with Crippen molar-refractivity contribution in [3.63, 3.8) is 0 Å². The Balaban J connectivity index is 4.83. The van der Waals surface area contributed by atoms with E-state index in [9.17, 15) is 9.70 Å². The van der Waals surface area contributed by atoms with Gasteiger partial charge in [0.1, 0.15) is 5.76 Å². The number of carboxylic acids is 1. The Bertz CT molecular complexity index is 207. The summed E-state index contributed by atoms with van der Waals surface area (Å²) in [5.41, 5.74) is -0.819. The standard InChI is InChI=1S/C6H9NO4/c1-3(2)5(8)4(7-11)6(9)10/h3,8H,1-2H3,(H,9,10). The predicted octanol–water partition coefficient (Wildman–Crippen LogP) is 1.26. The first-order valence-electron chi connectivity index (χ1n) is 3.00. The molecule has 0 spiro atoms. The van der Waals surface area contributed by atoms with E-state index < -0.39 is 23.3 Å². The zero-order valence-corrected chi connectivity index (χ0v) is 6.24. The molecule has 0 aromatic rings. The smallest absolute Gasteiger partial charge is 0.361 e. The van der Waals surface area contributed by atoms with E-state index >= 15 is 0 Å². The summed E-state index contributed by atoms with van der Waals surface area (Å²) in [6, 6.07) is 0. The molecule has 0 bridgehead atoms. The number of allylic oxidation sites excluding steroid dienone is 1. The van der Waals surface area contributed by atoms with Crippen LogP contribution in [0.1, 0.15) is 13.8 Å². The summed E-state index contributed by atoms with van der Waals surface area (Å²) < 4.78 is 0. The van der Waals surface area contributed by atoms with Crippen LogP contribution in [0.3, 0.4) is 0 Å². The first kappa shape index (κ1) is 9.61. The number of aliphatic carboxylic acids is 1. The van der Waals surface area contributed by atoms with Gasteiger partial charge in [0.05, 0.1) is 0 Å². The van der Waals surface area contributed by atoms with Crippen molar-refractivity contribution in [1.29, 1.82) is 0 Å². The van der Waals surface area contributed by atoms with Gasteiger partial charge in [-0.1, -0.05) is 13.8 Å². The van der Waals surface area contributed by atoms with Crippen molar-refractivity contribution >= 4 is 5.97 Å². The third-order valence-corrected chi connectivity index (χ3v) is 1.08. The van der Waals surface area contributed by atoms with Crippen LogP contribution in [-0.4, -0.2) is 16.2 Å². The molecule has 0 heterocycles. The van der Waals surface area contributed by atoms with Crippen LogP contribution in [0.2, 0.25) is 0 Å². The molecule has 0 unspecified atom stereocenters. The quantitative estimate of drug-likeness (QED) is 0.368. The zero-order chi connectivity index (χ0) is 9.02. The van der Waals surface area contributed by atoms with Crippen molar-refractivity contribution in [1.82, 2.24) is 0 Å². The lowest BCUT2D eigenvalue weighted by Crippen LogP contribution is -2.05. The van der Waals surface area contributed by atoms with E-state index in [1.54, 1.807) is 13.8 Å². The van der Waals surface area contributed by atoms with Gasteiger partial charge in [-0.05, 0) is 5.18 Å². The van der Waals surface area contributed by atoms with Gasteiger partial charge in [0.25, 0.3) is 0 Å². The van der Waals surface area contributed by atoms with E-state index in [0.29, 0.717) is 0 Å². The molecule has 11 heavy (non-hydrogen) atoms. The first-order chi connectivity index (χ1) is 5.00. The fraction of sp³-hybridized carbons (Fsp3) is 0.500. The van der Waals surface area contributed by atoms with Gasteiger partial charge in [0, 0.05) is 5.92 Å². The molecule has 0 fully saturated rings. The van der Waals surface area contributed by atoms with Gasteiger partial charge in [-0.15, -0.1) is 4.91 Å². The maximum absolute atomic E-state index is 10.2. The fourth-order valence-electron chi connectivity index (χ4n) is 0.469. The van der Waals surface area contributed by atoms with Gasteiger partial charge in [0.2, 0.25) is 5.70 Å². The normalized spacial score (nSPS) is 12.6. The molecule has 0 radical (unpaired) electrons. The average Bonchev–Trinajstić information content (AvgIpc) is 1.88. The van der Waals surface area contributed by atoms with Crippen molar-refractivity contribution in [3.8, 4) is 0 Å². The van der Waals surface area contributed by atoms with Gasteiger partial charge < -0.3 is 10.2 Å². The lowest BCUT2D eigenvalue weighted by molar-refractivity contribution is -0.133. The van der Waals surface area contributed by atoms with E-state index in [-0.39, 0.29) is 0 Å². The zero-order valence-electron chi connectivity index (χ0n) is 6.24. The summed E-state index contributed by atoms with van der Waals surface area (Å²) in [6.45, 7) is 3.12. The molecule has 0 saturated heterocycles. The Morgan fingerprint density at radius 3 is 1.91 bits per heavy atom. The Morgan fingerprint density at radius 2 is 1.82 bits per heavy atom. The summed E-state index contributed by atoms with van der Waals surface area (Å²) in [6.07, 6.45) is 0. The van der Waals surface area contributed by atoms with Crippen molar-refractivity contribution in [2.24, 2.45) is 11.1 Å². The highest BCUT2D eigenvalue weighted by Gasteiger charge is 2.16. The summed E-state index contributed by atoms with van der Waals surface area (Å²) >= 11 is 0. The van der Waals surface area contributed by atoms with Crippen LogP contribution in [0.25, 0.3) is 0 Å². The van der Waals surface area contributed by atoms with E-state index in [1.807, 2.05) is 0 Å². The summed E-state index contributed by atoms with van der Waals surface area (Å²) in [5.74, 6) is -2.41. The van der Waals surface area contributed by atoms with Gasteiger partial charge in [-0.3, -0.25) is 0 Å². The van der Waals surface area contributed by atoms with Gasteiger partial charge in [-0.2, -0.15) is 0 Å². The maximum Gasteiger partial charge on any atom is 0.361 e. The maximum atomic E-state index is 10.2. The van der Waals surface area contributed by atoms with Gasteiger partial charge in [0.15, 0.2) is 0 Å². The Labute approximate surface area is 63.3 Å². The molecule has 0 aromatic heterocycles. The second kappa shape index (κ2) is 3.70. The Kier molecular flexibility index (Phi) is 3.23. The monoisotopic (exact) mass is 159 g/mol. The van der Waals surface area contributed by atoms with Crippen LogP contribution in [0, 0.1) is 10.8 Å². The second-order valence-corrected chi connectivity index (χ2v) is 2.28. The lowest BCUT2D eigenvalue weighted by atomic mass is 10.1. The fourth-order valence-corrected chi connectivity index (χ4v) is 0.469. The SMILES string of the molecule is CC(C)C(O)=C(N=O)C(=O)O. The highest BCUT2D eigenvalue weighted by Crippen LogP contribution is 2.12. The topological polar surface area (TPSA) is 87.0 Å². The molecular formula is C6H9NO4. The Morgan fingerprint density at radius 1 is 1.36 bits per heavy atom. The minimum absolute atomic E-state index is 0.404. The molecule has 0 saturated carbocycles. The highest BCUT2D eigenvalue weighted by atomic mass is 16.4.